The second-order valence-electron chi connectivity index (χ2n) is 3.00. The highest BCUT2D eigenvalue weighted by Crippen LogP contribution is 2.20. The van der Waals surface area contributed by atoms with E-state index in [1.807, 2.05) is 36.4 Å². The lowest BCUT2D eigenvalue weighted by Crippen LogP contribution is -1.88. The van der Waals surface area contributed by atoms with Crippen LogP contribution < -0.4 is 0 Å². The van der Waals surface area contributed by atoms with E-state index >= 15 is 0 Å². The number of benzene rings is 1. The molecule has 1 saturated heterocycles. The first-order chi connectivity index (χ1) is 6.34. The monoisotopic (exact) mass is 174 g/mol. The number of allylic oxidation sites excluding steroid dienone is 1. The zero-order valence-electron chi connectivity index (χ0n) is 7.19. The van der Waals surface area contributed by atoms with E-state index in [2.05, 4.69) is 0 Å². The standard InChI is InChI=1S/C11H10O2/c12-11-7-6-10(13-11)8-9-4-2-1-3-5-9/h1-5,8H,6-7H2/b10-8-. The van der Waals surface area contributed by atoms with E-state index in [0.29, 0.717) is 6.42 Å². The quantitative estimate of drug-likeness (QED) is 0.611. The van der Waals surface area contributed by atoms with Gasteiger partial charge in [-0.05, 0) is 11.6 Å². The van der Waals surface area contributed by atoms with Crippen molar-refractivity contribution in [2.45, 2.75) is 12.8 Å². The molecule has 1 aromatic carbocycles. The zero-order chi connectivity index (χ0) is 9.10. The van der Waals surface area contributed by atoms with Gasteiger partial charge in [0.15, 0.2) is 0 Å². The lowest BCUT2D eigenvalue weighted by Gasteiger charge is -1.95. The Morgan fingerprint density at radius 1 is 1.15 bits per heavy atom. The summed E-state index contributed by atoms with van der Waals surface area (Å²) in [6.07, 6.45) is 3.15. The molecule has 1 aromatic rings. The van der Waals surface area contributed by atoms with Gasteiger partial charge in [0.25, 0.3) is 0 Å². The average molecular weight is 174 g/mol. The van der Waals surface area contributed by atoms with E-state index in [1.165, 1.54) is 0 Å². The van der Waals surface area contributed by atoms with Gasteiger partial charge >= 0.3 is 5.97 Å². The summed E-state index contributed by atoms with van der Waals surface area (Å²) in [6, 6.07) is 9.85. The molecule has 0 aromatic heterocycles. The first-order valence-corrected chi connectivity index (χ1v) is 4.31. The van der Waals surface area contributed by atoms with Gasteiger partial charge in [0.1, 0.15) is 5.76 Å². The molecule has 66 valence electrons. The molecule has 0 spiro atoms. The minimum Gasteiger partial charge on any atom is -0.431 e. The molecule has 13 heavy (non-hydrogen) atoms. The number of hydrogen-bond donors (Lipinski definition) is 0. The molecule has 1 fully saturated rings. The maximum Gasteiger partial charge on any atom is 0.311 e. The van der Waals surface area contributed by atoms with Crippen LogP contribution in [0.4, 0.5) is 0 Å². The zero-order valence-corrected chi connectivity index (χ0v) is 7.19. The van der Waals surface area contributed by atoms with Gasteiger partial charge < -0.3 is 4.74 Å². The van der Waals surface area contributed by atoms with E-state index in [0.717, 1.165) is 17.7 Å². The fraction of sp³-hybridized carbons (Fsp3) is 0.182. The summed E-state index contributed by atoms with van der Waals surface area (Å²) in [5.41, 5.74) is 1.08. The van der Waals surface area contributed by atoms with Gasteiger partial charge in [0.2, 0.25) is 0 Å². The third kappa shape index (κ3) is 1.96. The Bertz CT molecular complexity index is 338. The molecule has 1 aliphatic heterocycles. The molecule has 0 radical (unpaired) electrons. The van der Waals surface area contributed by atoms with Crippen molar-refractivity contribution in [1.29, 1.82) is 0 Å². The molecule has 0 aliphatic carbocycles. The summed E-state index contributed by atoms with van der Waals surface area (Å²) in [4.78, 5) is 10.8. The molecule has 2 nitrogen and oxygen atoms in total. The van der Waals surface area contributed by atoms with Gasteiger partial charge in [-0.2, -0.15) is 0 Å². The van der Waals surface area contributed by atoms with Crippen LogP contribution in [-0.4, -0.2) is 5.97 Å². The van der Waals surface area contributed by atoms with Crippen molar-refractivity contribution >= 4 is 12.0 Å². The highest BCUT2D eigenvalue weighted by Gasteiger charge is 2.16. The van der Waals surface area contributed by atoms with Crippen LogP contribution in [0.2, 0.25) is 0 Å². The lowest BCUT2D eigenvalue weighted by molar-refractivity contribution is -0.135. The molecule has 2 rings (SSSR count). The maximum absolute atomic E-state index is 10.8. The Morgan fingerprint density at radius 2 is 1.92 bits per heavy atom. The topological polar surface area (TPSA) is 26.3 Å². The number of hydrogen-bond acceptors (Lipinski definition) is 2. The molecular weight excluding hydrogens is 164 g/mol. The van der Waals surface area contributed by atoms with Crippen LogP contribution in [0.15, 0.2) is 36.1 Å². The van der Waals surface area contributed by atoms with Gasteiger partial charge in [-0.1, -0.05) is 30.3 Å². The predicted molar refractivity (Wildman–Crippen MR) is 49.7 cm³/mol. The fourth-order valence-corrected chi connectivity index (χ4v) is 1.31. The van der Waals surface area contributed by atoms with Crippen LogP contribution >= 0.6 is 0 Å². The molecule has 0 atom stereocenters. The minimum atomic E-state index is -0.123. The number of esters is 1. The van der Waals surface area contributed by atoms with Gasteiger partial charge in [-0.15, -0.1) is 0 Å². The van der Waals surface area contributed by atoms with Crippen LogP contribution in [0.5, 0.6) is 0 Å². The second kappa shape index (κ2) is 3.44. The van der Waals surface area contributed by atoms with Crippen LogP contribution in [0.3, 0.4) is 0 Å². The molecule has 1 aliphatic rings. The van der Waals surface area contributed by atoms with E-state index < -0.39 is 0 Å². The van der Waals surface area contributed by atoms with Crippen molar-refractivity contribution < 1.29 is 9.53 Å². The molecular formula is C11H10O2. The molecule has 0 amide bonds. The normalized spacial score (nSPS) is 19.1. The van der Waals surface area contributed by atoms with Gasteiger partial charge in [-0.25, -0.2) is 0 Å². The van der Waals surface area contributed by atoms with E-state index in [9.17, 15) is 4.79 Å². The number of carbonyl (C=O) groups excluding carboxylic acids is 1. The summed E-state index contributed by atoms with van der Waals surface area (Å²) in [5.74, 6) is 0.651. The number of rotatable bonds is 1. The first-order valence-electron chi connectivity index (χ1n) is 4.31. The van der Waals surface area contributed by atoms with Crippen molar-refractivity contribution in [1.82, 2.24) is 0 Å². The Morgan fingerprint density at radius 3 is 2.54 bits per heavy atom. The van der Waals surface area contributed by atoms with Crippen molar-refractivity contribution in [3.8, 4) is 0 Å². The van der Waals surface area contributed by atoms with Crippen molar-refractivity contribution in [2.24, 2.45) is 0 Å². The average Bonchev–Trinajstić information content (AvgIpc) is 2.53. The van der Waals surface area contributed by atoms with Crippen molar-refractivity contribution in [3.63, 3.8) is 0 Å². The summed E-state index contributed by atoms with van der Waals surface area (Å²) in [7, 11) is 0. The number of cyclic esters (lactones) is 1. The van der Waals surface area contributed by atoms with Crippen molar-refractivity contribution in [3.05, 3.63) is 41.7 Å². The number of ether oxygens (including phenoxy) is 1. The van der Waals surface area contributed by atoms with Crippen LogP contribution in [-0.2, 0) is 9.53 Å². The molecule has 2 heteroatoms. The summed E-state index contributed by atoms with van der Waals surface area (Å²) >= 11 is 0. The molecule has 0 N–H and O–H groups in total. The molecule has 0 unspecified atom stereocenters. The fourth-order valence-electron chi connectivity index (χ4n) is 1.31. The smallest absolute Gasteiger partial charge is 0.311 e. The third-order valence-corrected chi connectivity index (χ3v) is 1.95. The predicted octanol–water partition coefficient (Wildman–Crippen LogP) is 2.36. The Hall–Kier alpha value is -1.57. The van der Waals surface area contributed by atoms with E-state index in [1.54, 1.807) is 0 Å². The number of carbonyl (C=O) groups is 1. The summed E-state index contributed by atoms with van der Waals surface area (Å²) in [5, 5.41) is 0. The maximum atomic E-state index is 10.8. The van der Waals surface area contributed by atoms with Crippen LogP contribution in [0, 0.1) is 0 Å². The Labute approximate surface area is 76.8 Å². The first kappa shape index (κ1) is 8.05. The lowest BCUT2D eigenvalue weighted by atomic mass is 10.2. The Kier molecular flexibility index (Phi) is 2.13. The van der Waals surface area contributed by atoms with Gasteiger partial charge in [0.05, 0.1) is 6.42 Å². The van der Waals surface area contributed by atoms with E-state index in [4.69, 9.17) is 4.74 Å². The SMILES string of the molecule is O=C1CC/C(=C/c2ccccc2)O1. The summed E-state index contributed by atoms with van der Waals surface area (Å²) in [6.45, 7) is 0. The van der Waals surface area contributed by atoms with Crippen molar-refractivity contribution in [2.75, 3.05) is 0 Å². The second-order valence-corrected chi connectivity index (χ2v) is 3.00. The van der Waals surface area contributed by atoms with E-state index in [-0.39, 0.29) is 5.97 Å². The van der Waals surface area contributed by atoms with Gasteiger partial charge in [-0.3, -0.25) is 4.79 Å². The molecule has 1 heterocycles. The van der Waals surface area contributed by atoms with Crippen LogP contribution in [0.25, 0.3) is 6.08 Å². The molecule has 0 saturated carbocycles. The van der Waals surface area contributed by atoms with Gasteiger partial charge in [0, 0.05) is 6.42 Å². The highest BCUT2D eigenvalue weighted by atomic mass is 16.5. The minimum absolute atomic E-state index is 0.123. The van der Waals surface area contributed by atoms with Crippen LogP contribution in [0.1, 0.15) is 18.4 Å². The molecule has 0 bridgehead atoms. The highest BCUT2D eigenvalue weighted by molar-refractivity contribution is 5.75. The Balaban J connectivity index is 2.17. The summed E-state index contributed by atoms with van der Waals surface area (Å²) < 4.78 is 4.99. The largest absolute Gasteiger partial charge is 0.431 e. The third-order valence-electron chi connectivity index (χ3n) is 1.95.